The Morgan fingerprint density at radius 2 is 2.05 bits per heavy atom. The van der Waals surface area contributed by atoms with Crippen LogP contribution >= 0.6 is 0 Å². The lowest BCUT2D eigenvalue weighted by Crippen LogP contribution is -2.42. The summed E-state index contributed by atoms with van der Waals surface area (Å²) in [4.78, 5) is 18.0. The molecular formula is C12H11N5O3S. The number of H-pyrrole nitrogens is 1. The third-order valence-corrected chi connectivity index (χ3v) is 4.09. The van der Waals surface area contributed by atoms with Gasteiger partial charge >= 0.3 is 10.2 Å². The van der Waals surface area contributed by atoms with Gasteiger partial charge in [-0.05, 0) is 24.3 Å². The average Bonchev–Trinajstić information content (AvgIpc) is 3.10. The van der Waals surface area contributed by atoms with Crippen molar-refractivity contribution >= 4 is 33.3 Å². The molecule has 0 unspecified atom stereocenters. The van der Waals surface area contributed by atoms with Crippen molar-refractivity contribution in [3.05, 3.63) is 49.1 Å². The average molecular weight is 305 g/mol. The molecule has 0 fully saturated rings. The summed E-state index contributed by atoms with van der Waals surface area (Å²) < 4.78 is 28.7. The molecule has 0 aliphatic rings. The largest absolute Gasteiger partial charge is 0.344 e. The first-order chi connectivity index (χ1) is 10.1. The molecule has 0 atom stereocenters. The molecule has 3 aromatic heterocycles. The molecule has 8 nitrogen and oxygen atoms in total. The summed E-state index contributed by atoms with van der Waals surface area (Å²) in [5.74, 6) is 0. The van der Waals surface area contributed by atoms with Gasteiger partial charge in [-0.1, -0.05) is 0 Å². The van der Waals surface area contributed by atoms with E-state index in [1.807, 2.05) is 0 Å². The van der Waals surface area contributed by atoms with Crippen LogP contribution in [0.15, 0.2) is 49.1 Å². The number of nitrogens with zero attached hydrogens (tertiary/aromatic N) is 3. The summed E-state index contributed by atoms with van der Waals surface area (Å²) in [6.45, 7) is 0. The van der Waals surface area contributed by atoms with E-state index in [2.05, 4.69) is 14.7 Å². The van der Waals surface area contributed by atoms with Crippen molar-refractivity contribution in [3.8, 4) is 0 Å². The number of carbonyl (C=O) groups excluding carboxylic acids is 1. The molecule has 3 aromatic rings. The summed E-state index contributed by atoms with van der Waals surface area (Å²) in [7, 11) is -4.08. The van der Waals surface area contributed by atoms with E-state index in [0.717, 1.165) is 4.68 Å². The molecule has 0 spiro atoms. The quantitative estimate of drug-likeness (QED) is 0.681. The van der Waals surface area contributed by atoms with E-state index in [9.17, 15) is 13.2 Å². The fourth-order valence-electron chi connectivity index (χ4n) is 1.92. The maximum absolute atomic E-state index is 12.3. The van der Waals surface area contributed by atoms with Crippen molar-refractivity contribution in [1.82, 2.24) is 14.6 Å². The van der Waals surface area contributed by atoms with Gasteiger partial charge in [0.1, 0.15) is 5.65 Å². The van der Waals surface area contributed by atoms with Crippen molar-refractivity contribution in [2.75, 3.05) is 9.14 Å². The molecule has 0 radical (unpaired) electrons. The minimum Gasteiger partial charge on any atom is -0.344 e. The van der Waals surface area contributed by atoms with Crippen molar-refractivity contribution in [3.63, 3.8) is 0 Å². The van der Waals surface area contributed by atoms with E-state index in [-0.39, 0.29) is 6.41 Å². The number of nitrogens with one attached hydrogen (secondary N) is 2. The number of fused-ring (bicyclic) bond motifs is 1. The number of aromatic nitrogens is 3. The van der Waals surface area contributed by atoms with Crippen LogP contribution in [0.1, 0.15) is 0 Å². The molecule has 0 saturated carbocycles. The van der Waals surface area contributed by atoms with Crippen LogP contribution in [0.3, 0.4) is 0 Å². The van der Waals surface area contributed by atoms with E-state index in [0.29, 0.717) is 21.1 Å². The zero-order valence-corrected chi connectivity index (χ0v) is 11.5. The number of rotatable bonds is 5. The molecule has 0 aliphatic heterocycles. The van der Waals surface area contributed by atoms with Crippen molar-refractivity contribution in [2.45, 2.75) is 0 Å². The fourth-order valence-corrected chi connectivity index (χ4v) is 2.93. The van der Waals surface area contributed by atoms with Crippen molar-refractivity contribution in [2.24, 2.45) is 0 Å². The normalized spacial score (nSPS) is 11.4. The van der Waals surface area contributed by atoms with Crippen molar-refractivity contribution < 1.29 is 13.2 Å². The molecule has 108 valence electrons. The summed E-state index contributed by atoms with van der Waals surface area (Å²) in [5.41, 5.74) is 0.867. The second-order valence-electron chi connectivity index (χ2n) is 4.15. The Bertz CT molecular complexity index is 869. The molecule has 21 heavy (non-hydrogen) atoms. The zero-order valence-electron chi connectivity index (χ0n) is 10.7. The Morgan fingerprint density at radius 3 is 2.76 bits per heavy atom. The van der Waals surface area contributed by atoms with Gasteiger partial charge in [-0.15, -0.1) is 4.41 Å². The van der Waals surface area contributed by atoms with Gasteiger partial charge in [-0.25, -0.2) is 4.98 Å². The Kier molecular flexibility index (Phi) is 3.10. The minimum atomic E-state index is -4.08. The van der Waals surface area contributed by atoms with Crippen LogP contribution in [0.25, 0.3) is 11.0 Å². The lowest BCUT2D eigenvalue weighted by atomic mass is 10.3. The summed E-state index contributed by atoms with van der Waals surface area (Å²) in [6.07, 6.45) is 6.19. The molecule has 2 N–H and O–H groups in total. The number of aromatic amines is 1. The standard InChI is InChI=1S/C12H11N5O3S/c18-9-17(16-6-1-2-7-16)21(19,20)15-11-8-14-12-10(11)4-3-5-13-12/h1-9,15H,(H,13,14). The lowest BCUT2D eigenvalue weighted by Gasteiger charge is -2.18. The highest BCUT2D eigenvalue weighted by Gasteiger charge is 2.22. The van der Waals surface area contributed by atoms with E-state index >= 15 is 0 Å². The number of carbonyl (C=O) groups is 1. The molecule has 3 heterocycles. The molecule has 0 saturated heterocycles. The topological polar surface area (TPSA) is 100 Å². The fraction of sp³-hybridized carbons (Fsp3) is 0. The van der Waals surface area contributed by atoms with Crippen LogP contribution in [0, 0.1) is 0 Å². The van der Waals surface area contributed by atoms with Gasteiger partial charge in [-0.3, -0.25) is 14.2 Å². The summed E-state index contributed by atoms with van der Waals surface area (Å²) in [6, 6.07) is 6.64. The van der Waals surface area contributed by atoms with Gasteiger partial charge in [0.2, 0.25) is 6.41 Å². The van der Waals surface area contributed by atoms with E-state index in [1.54, 1.807) is 30.5 Å². The van der Waals surface area contributed by atoms with Gasteiger partial charge in [0, 0.05) is 30.2 Å². The first kappa shape index (κ1) is 13.2. The molecule has 0 aliphatic carbocycles. The van der Waals surface area contributed by atoms with Crippen molar-refractivity contribution in [1.29, 1.82) is 0 Å². The van der Waals surface area contributed by atoms with Crippen LogP contribution in [0.5, 0.6) is 0 Å². The highest BCUT2D eigenvalue weighted by Crippen LogP contribution is 2.22. The Labute approximate surface area is 120 Å². The summed E-state index contributed by atoms with van der Waals surface area (Å²) in [5, 5.41) is 0.611. The van der Waals surface area contributed by atoms with Gasteiger partial charge < -0.3 is 4.98 Å². The molecular weight excluding hydrogens is 294 g/mol. The number of pyridine rings is 1. The number of amides is 1. The summed E-state index contributed by atoms with van der Waals surface area (Å²) >= 11 is 0. The lowest BCUT2D eigenvalue weighted by molar-refractivity contribution is -0.107. The van der Waals surface area contributed by atoms with E-state index in [4.69, 9.17) is 0 Å². The van der Waals surface area contributed by atoms with Crippen LogP contribution in [-0.2, 0) is 15.0 Å². The minimum absolute atomic E-state index is 0.218. The molecule has 9 heteroatoms. The molecule has 3 rings (SSSR count). The van der Waals surface area contributed by atoms with Crippen LogP contribution < -0.4 is 9.14 Å². The highest BCUT2D eigenvalue weighted by atomic mass is 32.2. The smallest absolute Gasteiger partial charge is 0.344 e. The van der Waals surface area contributed by atoms with E-state index < -0.39 is 10.2 Å². The Hall–Kier alpha value is -2.81. The first-order valence-corrected chi connectivity index (χ1v) is 7.38. The number of anilines is 1. The van der Waals surface area contributed by atoms with Crippen LogP contribution in [0.4, 0.5) is 5.69 Å². The van der Waals surface area contributed by atoms with E-state index in [1.165, 1.54) is 18.6 Å². The second kappa shape index (κ2) is 4.94. The monoisotopic (exact) mass is 305 g/mol. The number of hydrogen-bond donors (Lipinski definition) is 2. The number of hydrogen-bond acceptors (Lipinski definition) is 4. The maximum Gasteiger partial charge on any atom is 0.344 e. The highest BCUT2D eigenvalue weighted by molar-refractivity contribution is 7.94. The third-order valence-electron chi connectivity index (χ3n) is 2.84. The zero-order chi connectivity index (χ0) is 14.9. The first-order valence-electron chi connectivity index (χ1n) is 5.94. The predicted octanol–water partition coefficient (Wildman–Crippen LogP) is 0.816. The molecule has 0 bridgehead atoms. The van der Waals surface area contributed by atoms with Gasteiger partial charge in [0.15, 0.2) is 0 Å². The Balaban J connectivity index is 1.97. The maximum atomic E-state index is 12.3. The van der Waals surface area contributed by atoms with Gasteiger partial charge in [0.25, 0.3) is 0 Å². The van der Waals surface area contributed by atoms with Gasteiger partial charge in [0.05, 0.1) is 5.69 Å². The third kappa shape index (κ3) is 2.34. The van der Waals surface area contributed by atoms with Crippen LogP contribution in [0.2, 0.25) is 0 Å². The molecule has 1 amide bonds. The second-order valence-corrected chi connectivity index (χ2v) is 5.68. The van der Waals surface area contributed by atoms with Gasteiger partial charge in [-0.2, -0.15) is 8.42 Å². The molecule has 0 aromatic carbocycles. The Morgan fingerprint density at radius 1 is 1.29 bits per heavy atom. The predicted molar refractivity (Wildman–Crippen MR) is 77.3 cm³/mol. The SMILES string of the molecule is O=CN(n1cccc1)S(=O)(=O)Nc1c[nH]c2ncccc12. The van der Waals surface area contributed by atoms with Crippen LogP contribution in [-0.4, -0.2) is 29.5 Å².